The van der Waals surface area contributed by atoms with Gasteiger partial charge in [0.05, 0.1) is 18.7 Å². The molecule has 1 atom stereocenters. The van der Waals surface area contributed by atoms with Crippen molar-refractivity contribution < 1.29 is 19.1 Å². The molecule has 27 heavy (non-hydrogen) atoms. The lowest BCUT2D eigenvalue weighted by Crippen LogP contribution is -2.26. The van der Waals surface area contributed by atoms with Gasteiger partial charge in [0.1, 0.15) is 0 Å². The number of carbonyl (C=O) groups excluding carboxylic acids is 3. The van der Waals surface area contributed by atoms with Crippen LogP contribution in [0.3, 0.4) is 0 Å². The molecule has 2 aromatic rings. The monoisotopic (exact) mass is 366 g/mol. The number of amides is 2. The maximum atomic E-state index is 12.2. The predicted octanol–water partition coefficient (Wildman–Crippen LogP) is 3.24. The van der Waals surface area contributed by atoms with E-state index in [1.165, 1.54) is 13.2 Å². The van der Waals surface area contributed by atoms with Gasteiger partial charge in [0.25, 0.3) is 5.91 Å². The van der Waals surface area contributed by atoms with E-state index in [1.54, 1.807) is 31.2 Å². The van der Waals surface area contributed by atoms with Crippen LogP contribution in [0.5, 0.6) is 0 Å². The van der Waals surface area contributed by atoms with Gasteiger partial charge in [-0.3, -0.25) is 9.59 Å². The molecule has 1 unspecified atom stereocenters. The van der Waals surface area contributed by atoms with Gasteiger partial charge in [0.2, 0.25) is 5.91 Å². The minimum atomic E-state index is -0.451. The zero-order chi connectivity index (χ0) is 19.8. The lowest BCUT2D eigenvalue weighted by molar-refractivity contribution is -0.118. The molecule has 6 heteroatoms. The summed E-state index contributed by atoms with van der Waals surface area (Å²) in [5.74, 6) is -1.20. The van der Waals surface area contributed by atoms with Crippen molar-refractivity contribution in [1.29, 1.82) is 0 Å². The van der Waals surface area contributed by atoms with E-state index in [9.17, 15) is 14.4 Å². The SMILES string of the molecule is COC(=O)c1ccc(NC(=O)/C(C)=C/C(=O)NC(C)c2ccccc2)cc1. The van der Waals surface area contributed by atoms with Crippen LogP contribution in [0.2, 0.25) is 0 Å². The van der Waals surface area contributed by atoms with Crippen molar-refractivity contribution in [2.45, 2.75) is 19.9 Å². The number of carbonyl (C=O) groups is 3. The van der Waals surface area contributed by atoms with Gasteiger partial charge < -0.3 is 15.4 Å². The maximum absolute atomic E-state index is 12.2. The van der Waals surface area contributed by atoms with Crippen molar-refractivity contribution in [1.82, 2.24) is 5.32 Å². The highest BCUT2D eigenvalue weighted by Crippen LogP contribution is 2.13. The smallest absolute Gasteiger partial charge is 0.337 e. The second-order valence-electron chi connectivity index (χ2n) is 5.99. The van der Waals surface area contributed by atoms with Gasteiger partial charge in [-0.25, -0.2) is 4.79 Å². The van der Waals surface area contributed by atoms with Crippen LogP contribution in [-0.4, -0.2) is 24.9 Å². The number of benzene rings is 2. The Morgan fingerprint density at radius 3 is 2.22 bits per heavy atom. The molecule has 0 fully saturated rings. The second-order valence-corrected chi connectivity index (χ2v) is 5.99. The van der Waals surface area contributed by atoms with Crippen LogP contribution in [0.25, 0.3) is 0 Å². The first-order valence-electron chi connectivity index (χ1n) is 8.44. The van der Waals surface area contributed by atoms with Crippen molar-refractivity contribution in [3.8, 4) is 0 Å². The molecule has 0 aliphatic rings. The van der Waals surface area contributed by atoms with E-state index < -0.39 is 11.9 Å². The molecule has 0 aliphatic heterocycles. The summed E-state index contributed by atoms with van der Waals surface area (Å²) in [7, 11) is 1.30. The molecule has 2 amide bonds. The molecular formula is C21H22N2O4. The summed E-state index contributed by atoms with van der Waals surface area (Å²) in [6.07, 6.45) is 1.26. The molecule has 0 aliphatic carbocycles. The number of ether oxygens (including phenoxy) is 1. The Bertz CT molecular complexity index is 842. The Labute approximate surface area is 158 Å². The molecule has 0 bridgehead atoms. The van der Waals surface area contributed by atoms with Crippen LogP contribution in [0.1, 0.15) is 35.8 Å². The summed E-state index contributed by atoms with van der Waals surface area (Å²) in [4.78, 5) is 35.8. The summed E-state index contributed by atoms with van der Waals surface area (Å²) >= 11 is 0. The molecule has 2 aromatic carbocycles. The maximum Gasteiger partial charge on any atom is 0.337 e. The van der Waals surface area contributed by atoms with Crippen molar-refractivity contribution >= 4 is 23.5 Å². The van der Waals surface area contributed by atoms with Gasteiger partial charge in [0, 0.05) is 17.3 Å². The number of anilines is 1. The summed E-state index contributed by atoms with van der Waals surface area (Å²) in [6, 6.07) is 15.7. The van der Waals surface area contributed by atoms with Gasteiger partial charge in [-0.2, -0.15) is 0 Å². The number of rotatable bonds is 6. The van der Waals surface area contributed by atoms with Gasteiger partial charge in [-0.15, -0.1) is 0 Å². The fourth-order valence-electron chi connectivity index (χ4n) is 2.38. The number of hydrogen-bond donors (Lipinski definition) is 2. The molecule has 0 aromatic heterocycles. The third kappa shape index (κ3) is 5.81. The van der Waals surface area contributed by atoms with Crippen molar-refractivity contribution in [2.24, 2.45) is 0 Å². The number of methoxy groups -OCH3 is 1. The van der Waals surface area contributed by atoms with Crippen LogP contribution in [0.15, 0.2) is 66.2 Å². The molecule has 0 saturated heterocycles. The molecule has 2 rings (SSSR count). The van der Waals surface area contributed by atoms with E-state index in [0.717, 1.165) is 5.56 Å². The highest BCUT2D eigenvalue weighted by atomic mass is 16.5. The summed E-state index contributed by atoms with van der Waals surface area (Å²) < 4.78 is 4.62. The topological polar surface area (TPSA) is 84.5 Å². The molecule has 0 radical (unpaired) electrons. The summed E-state index contributed by atoms with van der Waals surface area (Å²) in [6.45, 7) is 3.43. The van der Waals surface area contributed by atoms with Crippen LogP contribution in [0, 0.1) is 0 Å². The van der Waals surface area contributed by atoms with Gasteiger partial charge >= 0.3 is 5.97 Å². The van der Waals surface area contributed by atoms with E-state index in [4.69, 9.17) is 0 Å². The number of nitrogens with one attached hydrogen (secondary N) is 2. The van der Waals surface area contributed by atoms with Crippen LogP contribution in [0.4, 0.5) is 5.69 Å². The Morgan fingerprint density at radius 2 is 1.63 bits per heavy atom. The van der Waals surface area contributed by atoms with Crippen molar-refractivity contribution in [3.63, 3.8) is 0 Å². The van der Waals surface area contributed by atoms with E-state index >= 15 is 0 Å². The van der Waals surface area contributed by atoms with Gasteiger partial charge in [0.15, 0.2) is 0 Å². The third-order valence-corrected chi connectivity index (χ3v) is 3.93. The Morgan fingerprint density at radius 1 is 1.00 bits per heavy atom. The lowest BCUT2D eigenvalue weighted by Gasteiger charge is -2.13. The quantitative estimate of drug-likeness (QED) is 0.607. The van der Waals surface area contributed by atoms with E-state index in [2.05, 4.69) is 15.4 Å². The number of esters is 1. The van der Waals surface area contributed by atoms with E-state index in [0.29, 0.717) is 11.3 Å². The molecule has 140 valence electrons. The van der Waals surface area contributed by atoms with Crippen LogP contribution < -0.4 is 10.6 Å². The van der Waals surface area contributed by atoms with Crippen LogP contribution >= 0.6 is 0 Å². The predicted molar refractivity (Wildman–Crippen MR) is 103 cm³/mol. The second kappa shape index (κ2) is 9.33. The first-order valence-corrected chi connectivity index (χ1v) is 8.44. The van der Waals surface area contributed by atoms with Crippen LogP contribution in [-0.2, 0) is 14.3 Å². The summed E-state index contributed by atoms with van der Waals surface area (Å²) in [5, 5.41) is 5.50. The molecule has 2 N–H and O–H groups in total. The normalized spacial score (nSPS) is 12.0. The van der Waals surface area contributed by atoms with Crippen molar-refractivity contribution in [3.05, 3.63) is 77.4 Å². The molecule has 0 saturated carbocycles. The highest BCUT2D eigenvalue weighted by molar-refractivity contribution is 6.07. The first kappa shape index (κ1) is 19.9. The minimum Gasteiger partial charge on any atom is -0.465 e. The Balaban J connectivity index is 1.95. The fourth-order valence-corrected chi connectivity index (χ4v) is 2.38. The molecular weight excluding hydrogens is 344 g/mol. The first-order chi connectivity index (χ1) is 12.9. The van der Waals surface area contributed by atoms with Crippen molar-refractivity contribution in [2.75, 3.05) is 12.4 Å². The number of hydrogen-bond acceptors (Lipinski definition) is 4. The zero-order valence-electron chi connectivity index (χ0n) is 15.5. The van der Waals surface area contributed by atoms with Gasteiger partial charge in [-0.05, 0) is 43.7 Å². The summed E-state index contributed by atoms with van der Waals surface area (Å²) in [5.41, 5.74) is 2.15. The zero-order valence-corrected chi connectivity index (χ0v) is 15.5. The average Bonchev–Trinajstić information content (AvgIpc) is 2.68. The highest BCUT2D eigenvalue weighted by Gasteiger charge is 2.11. The lowest BCUT2D eigenvalue weighted by atomic mass is 10.1. The molecule has 0 spiro atoms. The fraction of sp³-hybridized carbons (Fsp3) is 0.190. The third-order valence-electron chi connectivity index (χ3n) is 3.93. The standard InChI is InChI=1S/C21H22N2O4/c1-14(13-19(24)22-15(2)16-7-5-4-6-8-16)20(25)23-18-11-9-17(10-12-18)21(26)27-3/h4-13,15H,1-3H3,(H,22,24)(H,23,25)/b14-13+. The minimum absolute atomic E-state index is 0.170. The van der Waals surface area contributed by atoms with E-state index in [1.807, 2.05) is 37.3 Å². The van der Waals surface area contributed by atoms with Gasteiger partial charge in [-0.1, -0.05) is 30.3 Å². The Hall–Kier alpha value is -3.41. The van der Waals surface area contributed by atoms with E-state index in [-0.39, 0.29) is 17.5 Å². The average molecular weight is 366 g/mol. The molecule has 0 heterocycles. The largest absolute Gasteiger partial charge is 0.465 e. The molecule has 6 nitrogen and oxygen atoms in total. The Kier molecular flexibility index (Phi) is 6.88.